The van der Waals surface area contributed by atoms with Gasteiger partial charge >= 0.3 is 5.97 Å². The van der Waals surface area contributed by atoms with Gasteiger partial charge in [-0.05, 0) is 0 Å². The van der Waals surface area contributed by atoms with Crippen LogP contribution in [0, 0.1) is 0 Å². The van der Waals surface area contributed by atoms with Crippen LogP contribution in [0.3, 0.4) is 0 Å². The molecule has 0 amide bonds. The van der Waals surface area contributed by atoms with E-state index in [9.17, 15) is 4.79 Å². The van der Waals surface area contributed by atoms with Crippen LogP contribution in [-0.4, -0.2) is 16.9 Å². The average Bonchev–Trinajstić information content (AvgIpc) is 1.98. The predicted molar refractivity (Wildman–Crippen MR) is 51.0 cm³/mol. The smallest absolute Gasteiger partial charge is 0.350 e. The van der Waals surface area contributed by atoms with Gasteiger partial charge in [0, 0.05) is 0 Å². The summed E-state index contributed by atoms with van der Waals surface area (Å²) in [7, 11) is 1.13. The highest BCUT2D eigenvalue weighted by Crippen LogP contribution is 2.39. The van der Waals surface area contributed by atoms with E-state index in [4.69, 9.17) is 58.0 Å². The number of hydrogen-bond acceptors (Lipinski definition) is 2. The van der Waals surface area contributed by atoms with Crippen molar-refractivity contribution in [3.63, 3.8) is 0 Å². The minimum atomic E-state index is -1.91. The highest BCUT2D eigenvalue weighted by Gasteiger charge is 2.30. The Morgan fingerprint density at radius 3 is 1.92 bits per heavy atom. The van der Waals surface area contributed by atoms with E-state index >= 15 is 0 Å². The van der Waals surface area contributed by atoms with Gasteiger partial charge in [-0.1, -0.05) is 58.0 Å². The lowest BCUT2D eigenvalue weighted by molar-refractivity contribution is -0.135. The Labute approximate surface area is 94.3 Å². The molecule has 0 aliphatic heterocycles. The van der Waals surface area contributed by atoms with Gasteiger partial charge in [0.1, 0.15) is 5.03 Å². The van der Waals surface area contributed by atoms with Crippen LogP contribution in [0.15, 0.2) is 10.1 Å². The van der Waals surface area contributed by atoms with Gasteiger partial charge in [0.25, 0.3) is 0 Å². The van der Waals surface area contributed by atoms with Crippen molar-refractivity contribution in [1.29, 1.82) is 0 Å². The number of methoxy groups -OCH3 is 1. The first-order valence-electron chi connectivity index (χ1n) is 2.51. The molecule has 0 rings (SSSR count). The number of rotatable bonds is 1. The number of hydrogen-bond donors (Lipinski definition) is 0. The largest absolute Gasteiger partial charge is 0.465 e. The molecule has 0 aromatic rings. The fourth-order valence-corrected chi connectivity index (χ4v) is 1.03. The molecule has 0 saturated heterocycles. The summed E-state index contributed by atoms with van der Waals surface area (Å²) in [6.07, 6.45) is 0. The predicted octanol–water partition coefficient (Wildman–Crippen LogP) is 3.22. The lowest BCUT2D eigenvalue weighted by atomic mass is 10.5. The molecule has 2 nitrogen and oxygen atoms in total. The molecule has 7 heteroatoms. The minimum Gasteiger partial charge on any atom is -0.465 e. The summed E-state index contributed by atoms with van der Waals surface area (Å²) >= 11 is 26.8. The number of alkyl halides is 3. The van der Waals surface area contributed by atoms with Crippen LogP contribution in [0.25, 0.3) is 0 Å². The Bertz CT molecular complexity index is 216. The molecule has 12 heavy (non-hydrogen) atoms. The molecule has 0 bridgehead atoms. The van der Waals surface area contributed by atoms with Crippen molar-refractivity contribution in [2.45, 2.75) is 3.79 Å². The van der Waals surface area contributed by atoms with E-state index in [1.807, 2.05) is 0 Å². The first kappa shape index (κ1) is 12.7. The van der Waals surface area contributed by atoms with Crippen LogP contribution in [-0.2, 0) is 9.53 Å². The topological polar surface area (TPSA) is 26.3 Å². The molecule has 0 radical (unpaired) electrons. The molecule has 0 heterocycles. The Morgan fingerprint density at radius 2 is 1.67 bits per heavy atom. The molecule has 0 N–H and O–H groups in total. The number of allylic oxidation sites excluding steroid dienone is 1. The molecule has 0 atom stereocenters. The van der Waals surface area contributed by atoms with E-state index in [-0.39, 0.29) is 5.03 Å². The van der Waals surface area contributed by atoms with Crippen molar-refractivity contribution >= 4 is 64.0 Å². The maximum absolute atomic E-state index is 10.7. The SMILES string of the molecule is COC(=O)/C(Cl)=C(\Cl)C(Cl)(Cl)Cl. The number of carbonyl (C=O) groups is 1. The standard InChI is InChI=1S/C5H3Cl5O2/c1-12-4(11)2(6)3(7)5(8,9)10/h1H3/b3-2+. The second kappa shape index (κ2) is 4.77. The molecular weight excluding hydrogens is 269 g/mol. The zero-order chi connectivity index (χ0) is 9.94. The second-order valence-electron chi connectivity index (χ2n) is 1.62. The summed E-state index contributed by atoms with van der Waals surface area (Å²) in [6, 6.07) is 0. The van der Waals surface area contributed by atoms with Gasteiger partial charge in [0.2, 0.25) is 3.79 Å². The van der Waals surface area contributed by atoms with E-state index in [0.29, 0.717) is 0 Å². The normalized spacial score (nSPS) is 13.8. The van der Waals surface area contributed by atoms with Gasteiger partial charge in [0.05, 0.1) is 12.1 Å². The Morgan fingerprint density at radius 1 is 1.25 bits per heavy atom. The highest BCUT2D eigenvalue weighted by atomic mass is 35.6. The zero-order valence-corrected chi connectivity index (χ0v) is 9.49. The van der Waals surface area contributed by atoms with Crippen molar-refractivity contribution in [3.05, 3.63) is 10.1 Å². The number of halogens is 5. The van der Waals surface area contributed by atoms with Crippen LogP contribution in [0.2, 0.25) is 0 Å². The maximum Gasteiger partial charge on any atom is 0.350 e. The van der Waals surface area contributed by atoms with Crippen LogP contribution in [0.4, 0.5) is 0 Å². The maximum atomic E-state index is 10.7. The van der Waals surface area contributed by atoms with Gasteiger partial charge in [-0.15, -0.1) is 0 Å². The molecular formula is C5H3Cl5O2. The van der Waals surface area contributed by atoms with Crippen LogP contribution in [0.1, 0.15) is 0 Å². The van der Waals surface area contributed by atoms with Crippen molar-refractivity contribution in [2.24, 2.45) is 0 Å². The number of ether oxygens (including phenoxy) is 1. The fourth-order valence-electron chi connectivity index (χ4n) is 0.304. The van der Waals surface area contributed by atoms with E-state index in [2.05, 4.69) is 4.74 Å². The molecule has 0 aliphatic rings. The molecule has 0 spiro atoms. The lowest BCUT2D eigenvalue weighted by Gasteiger charge is -2.10. The van der Waals surface area contributed by atoms with Crippen LogP contribution < -0.4 is 0 Å². The van der Waals surface area contributed by atoms with Crippen molar-refractivity contribution < 1.29 is 9.53 Å². The third kappa shape index (κ3) is 3.58. The number of esters is 1. The second-order valence-corrected chi connectivity index (χ2v) is 4.65. The van der Waals surface area contributed by atoms with Gasteiger partial charge < -0.3 is 4.74 Å². The molecule has 0 aromatic heterocycles. The Hall–Kier alpha value is 0.660. The van der Waals surface area contributed by atoms with Crippen LogP contribution >= 0.6 is 58.0 Å². The van der Waals surface area contributed by atoms with E-state index < -0.39 is 14.8 Å². The average molecular weight is 272 g/mol. The molecule has 0 saturated carbocycles. The van der Waals surface area contributed by atoms with Gasteiger partial charge in [-0.25, -0.2) is 4.79 Å². The molecule has 0 unspecified atom stereocenters. The summed E-state index contributed by atoms with van der Waals surface area (Å²) in [6.45, 7) is 0. The first-order valence-corrected chi connectivity index (χ1v) is 4.40. The van der Waals surface area contributed by atoms with E-state index in [0.717, 1.165) is 7.11 Å². The molecule has 70 valence electrons. The van der Waals surface area contributed by atoms with E-state index in [1.165, 1.54) is 0 Å². The van der Waals surface area contributed by atoms with Gasteiger partial charge in [0.15, 0.2) is 0 Å². The fraction of sp³-hybridized carbons (Fsp3) is 0.400. The third-order valence-electron chi connectivity index (χ3n) is 0.806. The van der Waals surface area contributed by atoms with Crippen molar-refractivity contribution in [1.82, 2.24) is 0 Å². The number of carbonyl (C=O) groups excluding carboxylic acids is 1. The summed E-state index contributed by atoms with van der Waals surface area (Å²) in [4.78, 5) is 10.7. The summed E-state index contributed by atoms with van der Waals surface area (Å²) in [5.74, 6) is -0.854. The quantitative estimate of drug-likeness (QED) is 0.416. The van der Waals surface area contributed by atoms with E-state index in [1.54, 1.807) is 0 Å². The highest BCUT2D eigenvalue weighted by molar-refractivity contribution is 6.74. The third-order valence-corrected chi connectivity index (χ3v) is 2.58. The lowest BCUT2D eigenvalue weighted by Crippen LogP contribution is -2.09. The van der Waals surface area contributed by atoms with Crippen LogP contribution in [0.5, 0.6) is 0 Å². The molecule has 0 aliphatic carbocycles. The summed E-state index contributed by atoms with van der Waals surface area (Å²) < 4.78 is 2.33. The zero-order valence-electron chi connectivity index (χ0n) is 5.71. The Kier molecular flexibility index (Phi) is 5.04. The van der Waals surface area contributed by atoms with Crippen molar-refractivity contribution in [2.75, 3.05) is 7.11 Å². The molecule has 0 aromatic carbocycles. The van der Waals surface area contributed by atoms with Gasteiger partial charge in [-0.3, -0.25) is 0 Å². The summed E-state index contributed by atoms with van der Waals surface area (Å²) in [5, 5.41) is -0.833. The first-order chi connectivity index (χ1) is 5.30. The summed E-state index contributed by atoms with van der Waals surface area (Å²) in [5.41, 5.74) is 0. The minimum absolute atomic E-state index is 0.388. The molecule has 0 fully saturated rings. The van der Waals surface area contributed by atoms with Crippen molar-refractivity contribution in [3.8, 4) is 0 Å². The van der Waals surface area contributed by atoms with Gasteiger partial charge in [-0.2, -0.15) is 0 Å². The monoisotopic (exact) mass is 270 g/mol. The Balaban J connectivity index is 4.82.